The first kappa shape index (κ1) is 20.7. The highest BCUT2D eigenvalue weighted by atomic mass is 32.1. The van der Waals surface area contributed by atoms with Crippen molar-refractivity contribution in [3.05, 3.63) is 45.1 Å². The number of carbonyl (C=O) groups excluding carboxylic acids is 2. The van der Waals surface area contributed by atoms with Gasteiger partial charge in [-0.2, -0.15) is 5.26 Å². The number of nitriles is 1. The van der Waals surface area contributed by atoms with Gasteiger partial charge in [0.2, 0.25) is 5.91 Å². The summed E-state index contributed by atoms with van der Waals surface area (Å²) in [4.78, 5) is 32.5. The van der Waals surface area contributed by atoms with Gasteiger partial charge < -0.3 is 10.1 Å². The number of hydrogen-bond acceptors (Lipinski definition) is 7. The molecule has 1 atom stereocenters. The van der Waals surface area contributed by atoms with E-state index in [1.807, 2.05) is 17.5 Å². The van der Waals surface area contributed by atoms with Crippen LogP contribution in [0, 0.1) is 17.2 Å². The third-order valence-corrected chi connectivity index (χ3v) is 7.56. The number of amides is 2. The zero-order valence-corrected chi connectivity index (χ0v) is 19.0. The molecule has 32 heavy (non-hydrogen) atoms. The van der Waals surface area contributed by atoms with Gasteiger partial charge in [0.25, 0.3) is 5.91 Å². The van der Waals surface area contributed by atoms with Gasteiger partial charge in [-0.25, -0.2) is 4.98 Å². The lowest BCUT2D eigenvalue weighted by Gasteiger charge is -2.29. The highest BCUT2D eigenvalue weighted by molar-refractivity contribution is 7.16. The summed E-state index contributed by atoms with van der Waals surface area (Å²) in [6.45, 7) is 1.93. The van der Waals surface area contributed by atoms with Crippen molar-refractivity contribution in [2.24, 2.45) is 5.92 Å². The van der Waals surface area contributed by atoms with Crippen molar-refractivity contribution in [2.75, 3.05) is 23.4 Å². The van der Waals surface area contributed by atoms with Crippen LogP contribution in [0.4, 0.5) is 10.7 Å². The number of ether oxygens (including phenoxy) is 1. The van der Waals surface area contributed by atoms with Gasteiger partial charge in [-0.3, -0.25) is 14.5 Å². The van der Waals surface area contributed by atoms with Crippen LogP contribution >= 0.6 is 22.7 Å². The molecule has 1 unspecified atom stereocenters. The molecule has 1 aliphatic carbocycles. The van der Waals surface area contributed by atoms with Crippen LogP contribution in [-0.2, 0) is 22.4 Å². The molecule has 0 fully saturated rings. The molecule has 3 aromatic rings. The van der Waals surface area contributed by atoms with E-state index >= 15 is 0 Å². The Kier molecular flexibility index (Phi) is 5.41. The number of thiophene rings is 1. The maximum absolute atomic E-state index is 12.9. The molecule has 0 saturated heterocycles. The summed E-state index contributed by atoms with van der Waals surface area (Å²) >= 11 is 2.97. The fraction of sp³-hybridized carbons (Fsp3) is 0.304. The summed E-state index contributed by atoms with van der Waals surface area (Å²) in [7, 11) is 0. The molecule has 0 radical (unpaired) electrons. The molecule has 5 rings (SSSR count). The Morgan fingerprint density at radius 3 is 3.09 bits per heavy atom. The summed E-state index contributed by atoms with van der Waals surface area (Å²) < 4.78 is 5.56. The number of rotatable bonds is 4. The summed E-state index contributed by atoms with van der Waals surface area (Å²) in [6, 6.07) is 7.77. The van der Waals surface area contributed by atoms with E-state index in [0.717, 1.165) is 36.1 Å². The summed E-state index contributed by atoms with van der Waals surface area (Å²) in [5.41, 5.74) is 5.56. The van der Waals surface area contributed by atoms with Gasteiger partial charge in [-0.05, 0) is 48.9 Å². The monoisotopic (exact) mass is 464 g/mol. The van der Waals surface area contributed by atoms with E-state index in [-0.39, 0.29) is 25.0 Å². The number of fused-ring (bicyclic) bond motifs is 2. The van der Waals surface area contributed by atoms with Crippen molar-refractivity contribution >= 4 is 45.2 Å². The highest BCUT2D eigenvalue weighted by Gasteiger charge is 2.29. The van der Waals surface area contributed by atoms with E-state index < -0.39 is 0 Å². The van der Waals surface area contributed by atoms with Crippen molar-refractivity contribution in [3.63, 3.8) is 0 Å². The second-order valence-electron chi connectivity index (χ2n) is 8.04. The predicted molar refractivity (Wildman–Crippen MR) is 124 cm³/mol. The Bertz CT molecular complexity index is 1240. The molecule has 0 spiro atoms. The summed E-state index contributed by atoms with van der Waals surface area (Å²) in [6.07, 6.45) is 2.84. The second kappa shape index (κ2) is 8.37. The van der Waals surface area contributed by atoms with E-state index in [2.05, 4.69) is 23.3 Å². The van der Waals surface area contributed by atoms with Gasteiger partial charge in [0.15, 0.2) is 6.61 Å². The van der Waals surface area contributed by atoms with Crippen LogP contribution in [-0.4, -0.2) is 29.9 Å². The average molecular weight is 465 g/mol. The summed E-state index contributed by atoms with van der Waals surface area (Å²) in [5.74, 6) is 0.497. The number of hydrogen-bond donors (Lipinski definition) is 1. The van der Waals surface area contributed by atoms with Crippen LogP contribution in [0.5, 0.6) is 5.75 Å². The number of aromatic nitrogens is 1. The number of nitrogens with one attached hydrogen (secondary N) is 1. The van der Waals surface area contributed by atoms with E-state index in [4.69, 9.17) is 4.74 Å². The van der Waals surface area contributed by atoms with Gasteiger partial charge in [0.1, 0.15) is 23.4 Å². The zero-order chi connectivity index (χ0) is 22.2. The largest absolute Gasteiger partial charge is 0.482 e. The number of benzene rings is 1. The van der Waals surface area contributed by atoms with Crippen molar-refractivity contribution in [1.82, 2.24) is 4.98 Å². The number of anilines is 2. The molecular weight excluding hydrogens is 444 g/mol. The predicted octanol–water partition coefficient (Wildman–Crippen LogP) is 4.23. The molecule has 1 aromatic carbocycles. The SMILES string of the molecule is CC1CCc2c(sc(NC(=O)CN3C(=O)COc4ccc(-c5cscn5)cc43)c2C#N)C1. The molecule has 1 aliphatic heterocycles. The lowest BCUT2D eigenvalue weighted by Crippen LogP contribution is -2.43. The molecule has 9 heteroatoms. The van der Waals surface area contributed by atoms with Crippen molar-refractivity contribution in [3.8, 4) is 23.1 Å². The second-order valence-corrected chi connectivity index (χ2v) is 9.86. The van der Waals surface area contributed by atoms with Crippen molar-refractivity contribution in [2.45, 2.75) is 26.2 Å². The van der Waals surface area contributed by atoms with Crippen molar-refractivity contribution in [1.29, 1.82) is 5.26 Å². The fourth-order valence-corrected chi connectivity index (χ4v) is 6.10. The minimum absolute atomic E-state index is 0.120. The first-order valence-corrected chi connectivity index (χ1v) is 12.1. The Hall–Kier alpha value is -3.22. The van der Waals surface area contributed by atoms with Gasteiger partial charge in [0, 0.05) is 15.8 Å². The maximum atomic E-state index is 12.9. The molecular formula is C23H20N4O3S2. The van der Waals surface area contributed by atoms with Gasteiger partial charge >= 0.3 is 0 Å². The molecule has 2 amide bonds. The topological polar surface area (TPSA) is 95.3 Å². The van der Waals surface area contributed by atoms with E-state index in [9.17, 15) is 14.9 Å². The fourth-order valence-electron chi connectivity index (χ4n) is 4.16. The first-order valence-electron chi connectivity index (χ1n) is 10.3. The van der Waals surface area contributed by atoms with Crippen LogP contribution in [0.25, 0.3) is 11.3 Å². The highest BCUT2D eigenvalue weighted by Crippen LogP contribution is 2.40. The van der Waals surface area contributed by atoms with Gasteiger partial charge in [-0.1, -0.05) is 6.92 Å². The molecule has 0 saturated carbocycles. The smallest absolute Gasteiger partial charge is 0.265 e. The minimum Gasteiger partial charge on any atom is -0.482 e. The van der Waals surface area contributed by atoms with E-state index in [1.54, 1.807) is 11.6 Å². The third kappa shape index (κ3) is 3.76. The van der Waals surface area contributed by atoms with Crippen LogP contribution in [0.1, 0.15) is 29.3 Å². The maximum Gasteiger partial charge on any atom is 0.265 e. The normalized spacial score (nSPS) is 17.2. The van der Waals surface area contributed by atoms with Crippen LogP contribution in [0.15, 0.2) is 29.1 Å². The first-order chi connectivity index (χ1) is 15.5. The van der Waals surface area contributed by atoms with Crippen LogP contribution in [0.3, 0.4) is 0 Å². The molecule has 1 N–H and O–H groups in total. The molecule has 162 valence electrons. The van der Waals surface area contributed by atoms with Gasteiger partial charge in [-0.15, -0.1) is 22.7 Å². The molecule has 2 aliphatic rings. The lowest BCUT2D eigenvalue weighted by atomic mass is 9.89. The average Bonchev–Trinajstić information content (AvgIpc) is 3.43. The summed E-state index contributed by atoms with van der Waals surface area (Å²) in [5, 5.41) is 15.1. The van der Waals surface area contributed by atoms with E-state index in [0.29, 0.717) is 27.9 Å². The van der Waals surface area contributed by atoms with Gasteiger partial charge in [0.05, 0.1) is 22.5 Å². The standard InChI is InChI=1S/C23H20N4O3S2/c1-13-2-4-15-16(8-24)23(32-20(15)6-13)26-21(28)9-27-18-7-14(17-11-31-12-25-17)3-5-19(18)30-10-22(27)29/h3,5,7,11-13H,2,4,6,9-10H2,1H3,(H,26,28). The lowest BCUT2D eigenvalue weighted by molar-refractivity contribution is -0.123. The molecule has 2 aromatic heterocycles. The molecule has 3 heterocycles. The number of nitrogens with zero attached hydrogens (tertiary/aromatic N) is 3. The van der Waals surface area contributed by atoms with Crippen LogP contribution in [0.2, 0.25) is 0 Å². The minimum atomic E-state index is -0.339. The zero-order valence-electron chi connectivity index (χ0n) is 17.4. The number of carbonyl (C=O) groups is 2. The van der Waals surface area contributed by atoms with E-state index in [1.165, 1.54) is 32.5 Å². The Labute approximate surface area is 193 Å². The number of thiazole rings is 1. The Balaban J connectivity index is 1.39. The third-order valence-electron chi connectivity index (χ3n) is 5.81. The van der Waals surface area contributed by atoms with Crippen LogP contribution < -0.4 is 15.0 Å². The quantitative estimate of drug-likeness (QED) is 0.623. The molecule has 7 nitrogen and oxygen atoms in total. The Morgan fingerprint density at radius 2 is 2.31 bits per heavy atom. The Morgan fingerprint density at radius 1 is 1.44 bits per heavy atom. The van der Waals surface area contributed by atoms with Crippen molar-refractivity contribution < 1.29 is 14.3 Å². The molecule has 0 bridgehead atoms.